The van der Waals surface area contributed by atoms with Gasteiger partial charge in [-0.1, -0.05) is 15.9 Å². The van der Waals surface area contributed by atoms with Gasteiger partial charge in [0, 0.05) is 10.2 Å². The third-order valence-electron chi connectivity index (χ3n) is 1.99. The monoisotopic (exact) mass is 331 g/mol. The van der Waals surface area contributed by atoms with Crippen LogP contribution < -0.4 is 4.72 Å². The quantitative estimate of drug-likeness (QED) is 0.903. The molecule has 0 heterocycles. The van der Waals surface area contributed by atoms with Crippen LogP contribution in [0.5, 0.6) is 0 Å². The van der Waals surface area contributed by atoms with Gasteiger partial charge in [-0.2, -0.15) is 21.6 Å². The molecule has 0 fully saturated rings. The minimum Gasteiger partial charge on any atom is -0.276 e. The molecule has 17 heavy (non-hydrogen) atoms. The van der Waals surface area contributed by atoms with E-state index in [1.54, 1.807) is 13.8 Å². The second kappa shape index (κ2) is 4.49. The van der Waals surface area contributed by atoms with Crippen molar-refractivity contribution in [1.82, 2.24) is 0 Å². The molecular formula is C9H9BrF3NO2S. The van der Waals surface area contributed by atoms with Crippen molar-refractivity contribution in [1.29, 1.82) is 0 Å². The van der Waals surface area contributed by atoms with E-state index in [0.29, 0.717) is 11.1 Å². The Morgan fingerprint density at radius 2 is 1.59 bits per heavy atom. The molecule has 0 aliphatic carbocycles. The summed E-state index contributed by atoms with van der Waals surface area (Å²) in [6, 6.07) is 2.64. The molecule has 1 aromatic rings. The van der Waals surface area contributed by atoms with Crippen molar-refractivity contribution in [3.8, 4) is 0 Å². The Kier molecular flexibility index (Phi) is 3.78. The third-order valence-corrected chi connectivity index (χ3v) is 4.36. The highest BCUT2D eigenvalue weighted by molar-refractivity contribution is 9.10. The summed E-state index contributed by atoms with van der Waals surface area (Å²) in [6.45, 7) is 3.31. The standard InChI is InChI=1S/C9H9BrF3NO2S/c1-5-3-7(4-6(2)8(5)10)14-17(15,16)9(11,12)13/h3-4,14H,1-2H3. The first kappa shape index (κ1) is 14.3. The van der Waals surface area contributed by atoms with Crippen LogP contribution in [0.3, 0.4) is 0 Å². The molecule has 3 nitrogen and oxygen atoms in total. The van der Waals surface area contributed by atoms with Gasteiger partial charge in [0.15, 0.2) is 0 Å². The lowest BCUT2D eigenvalue weighted by Crippen LogP contribution is -2.29. The number of anilines is 1. The highest BCUT2D eigenvalue weighted by Gasteiger charge is 2.46. The Morgan fingerprint density at radius 3 is 1.94 bits per heavy atom. The molecule has 0 amide bonds. The van der Waals surface area contributed by atoms with Crippen molar-refractivity contribution in [2.75, 3.05) is 4.72 Å². The molecule has 0 aromatic heterocycles. The summed E-state index contributed by atoms with van der Waals surface area (Å²) in [5.74, 6) is 0. The molecular weight excluding hydrogens is 323 g/mol. The van der Waals surface area contributed by atoms with Gasteiger partial charge in [0.05, 0.1) is 0 Å². The van der Waals surface area contributed by atoms with E-state index < -0.39 is 15.5 Å². The molecule has 8 heteroatoms. The molecule has 0 radical (unpaired) electrons. The molecule has 0 saturated heterocycles. The highest BCUT2D eigenvalue weighted by Crippen LogP contribution is 2.29. The van der Waals surface area contributed by atoms with Crippen LogP contribution in [0, 0.1) is 13.8 Å². The summed E-state index contributed by atoms with van der Waals surface area (Å²) in [7, 11) is -5.36. The van der Waals surface area contributed by atoms with E-state index in [-0.39, 0.29) is 5.69 Å². The maximum atomic E-state index is 12.1. The molecule has 96 valence electrons. The first-order valence-corrected chi connectivity index (χ1v) is 6.68. The van der Waals surface area contributed by atoms with Crippen LogP contribution >= 0.6 is 15.9 Å². The van der Waals surface area contributed by atoms with Crippen LogP contribution in [0.2, 0.25) is 0 Å². The first-order valence-electron chi connectivity index (χ1n) is 4.40. The van der Waals surface area contributed by atoms with E-state index in [4.69, 9.17) is 0 Å². The molecule has 1 rings (SSSR count). The van der Waals surface area contributed by atoms with E-state index >= 15 is 0 Å². The van der Waals surface area contributed by atoms with E-state index in [0.717, 1.165) is 4.47 Å². The molecule has 0 aliphatic rings. The number of hydrogen-bond donors (Lipinski definition) is 1. The molecule has 1 aromatic carbocycles. The predicted molar refractivity (Wildman–Crippen MR) is 62.2 cm³/mol. The topological polar surface area (TPSA) is 46.2 Å². The number of nitrogens with one attached hydrogen (secondary N) is 1. The molecule has 0 spiro atoms. The summed E-state index contributed by atoms with van der Waals surface area (Å²) in [5.41, 5.74) is -4.14. The first-order chi connectivity index (χ1) is 7.54. The minimum atomic E-state index is -5.36. The van der Waals surface area contributed by atoms with Gasteiger partial charge in [-0.25, -0.2) is 0 Å². The normalized spacial score (nSPS) is 12.6. The van der Waals surface area contributed by atoms with Crippen molar-refractivity contribution in [3.63, 3.8) is 0 Å². The lowest BCUT2D eigenvalue weighted by molar-refractivity contribution is -0.0429. The van der Waals surface area contributed by atoms with Crippen LogP contribution in [-0.4, -0.2) is 13.9 Å². The number of alkyl halides is 3. The summed E-state index contributed by atoms with van der Waals surface area (Å²) < 4.78 is 60.4. The van der Waals surface area contributed by atoms with Gasteiger partial charge >= 0.3 is 15.5 Å². The van der Waals surface area contributed by atoms with Gasteiger partial charge in [0.2, 0.25) is 0 Å². The van der Waals surface area contributed by atoms with Crippen LogP contribution in [0.4, 0.5) is 18.9 Å². The number of rotatable bonds is 2. The molecule has 0 aliphatic heterocycles. The van der Waals surface area contributed by atoms with E-state index in [1.807, 2.05) is 0 Å². The Balaban J connectivity index is 3.14. The van der Waals surface area contributed by atoms with Gasteiger partial charge in [-0.15, -0.1) is 0 Å². The number of sulfonamides is 1. The fourth-order valence-electron chi connectivity index (χ4n) is 1.22. The van der Waals surface area contributed by atoms with Crippen molar-refractivity contribution in [3.05, 3.63) is 27.7 Å². The largest absolute Gasteiger partial charge is 0.516 e. The average Bonchev–Trinajstić information content (AvgIpc) is 2.11. The fourth-order valence-corrected chi connectivity index (χ4v) is 1.99. The minimum absolute atomic E-state index is 0.111. The maximum absolute atomic E-state index is 12.1. The molecule has 1 N–H and O–H groups in total. The number of hydrogen-bond acceptors (Lipinski definition) is 2. The summed E-state index contributed by atoms with van der Waals surface area (Å²) in [4.78, 5) is 0. The molecule has 0 bridgehead atoms. The van der Waals surface area contributed by atoms with Crippen molar-refractivity contribution in [2.45, 2.75) is 19.4 Å². The van der Waals surface area contributed by atoms with Crippen LogP contribution in [0.15, 0.2) is 16.6 Å². The molecule has 0 saturated carbocycles. The smallest absolute Gasteiger partial charge is 0.276 e. The zero-order valence-corrected chi connectivity index (χ0v) is 11.3. The third kappa shape index (κ3) is 3.12. The van der Waals surface area contributed by atoms with Crippen LogP contribution in [0.1, 0.15) is 11.1 Å². The van der Waals surface area contributed by atoms with E-state index in [9.17, 15) is 21.6 Å². The Morgan fingerprint density at radius 1 is 1.18 bits per heavy atom. The number of benzene rings is 1. The van der Waals surface area contributed by atoms with E-state index in [2.05, 4.69) is 15.9 Å². The van der Waals surface area contributed by atoms with Crippen molar-refractivity contribution < 1.29 is 21.6 Å². The van der Waals surface area contributed by atoms with Crippen LogP contribution in [0.25, 0.3) is 0 Å². The Hall–Kier alpha value is -0.760. The molecule has 0 unspecified atom stereocenters. The lowest BCUT2D eigenvalue weighted by atomic mass is 10.1. The number of aryl methyl sites for hydroxylation is 2. The van der Waals surface area contributed by atoms with Gasteiger partial charge in [-0.3, -0.25) is 4.72 Å². The predicted octanol–water partition coefficient (Wildman–Crippen LogP) is 3.33. The zero-order chi connectivity index (χ0) is 13.4. The van der Waals surface area contributed by atoms with E-state index in [1.165, 1.54) is 16.9 Å². The van der Waals surface area contributed by atoms with Crippen molar-refractivity contribution >= 4 is 31.6 Å². The van der Waals surface area contributed by atoms with Gasteiger partial charge in [-0.05, 0) is 37.1 Å². The SMILES string of the molecule is Cc1cc(NS(=O)(=O)C(F)(F)F)cc(C)c1Br. The van der Waals surface area contributed by atoms with Gasteiger partial charge in [0.1, 0.15) is 0 Å². The summed E-state index contributed by atoms with van der Waals surface area (Å²) >= 11 is 3.23. The van der Waals surface area contributed by atoms with Gasteiger partial charge < -0.3 is 0 Å². The lowest BCUT2D eigenvalue weighted by Gasteiger charge is -2.12. The molecule has 0 atom stereocenters. The average molecular weight is 332 g/mol. The second-order valence-electron chi connectivity index (χ2n) is 3.48. The van der Waals surface area contributed by atoms with Gasteiger partial charge in [0.25, 0.3) is 0 Å². The zero-order valence-electron chi connectivity index (χ0n) is 8.89. The number of halogens is 4. The second-order valence-corrected chi connectivity index (χ2v) is 5.94. The Bertz CT molecular complexity index is 517. The Labute approximate surface area is 105 Å². The fraction of sp³-hybridized carbons (Fsp3) is 0.333. The summed E-state index contributed by atoms with van der Waals surface area (Å²) in [6.07, 6.45) is 0. The summed E-state index contributed by atoms with van der Waals surface area (Å²) in [5, 5.41) is 0. The maximum Gasteiger partial charge on any atom is 0.516 e. The van der Waals surface area contributed by atoms with Crippen LogP contribution in [-0.2, 0) is 10.0 Å². The highest BCUT2D eigenvalue weighted by atomic mass is 79.9. The van der Waals surface area contributed by atoms with Crippen molar-refractivity contribution in [2.24, 2.45) is 0 Å².